The zero-order valence-corrected chi connectivity index (χ0v) is 11.9. The second kappa shape index (κ2) is 7.04. The highest BCUT2D eigenvalue weighted by Crippen LogP contribution is 2.30. The third kappa shape index (κ3) is 4.18. The molecule has 114 valence electrons. The summed E-state index contributed by atoms with van der Waals surface area (Å²) in [5, 5.41) is 15.1. The van der Waals surface area contributed by atoms with Crippen LogP contribution in [-0.4, -0.2) is 48.3 Å². The lowest BCUT2D eigenvalue weighted by Gasteiger charge is -2.36. The van der Waals surface area contributed by atoms with Gasteiger partial charge in [0.15, 0.2) is 0 Å². The van der Waals surface area contributed by atoms with E-state index in [2.05, 4.69) is 10.6 Å². The summed E-state index contributed by atoms with van der Waals surface area (Å²) in [7, 11) is 0. The van der Waals surface area contributed by atoms with Gasteiger partial charge in [0.1, 0.15) is 6.10 Å². The summed E-state index contributed by atoms with van der Waals surface area (Å²) in [6.07, 6.45) is 3.12. The van der Waals surface area contributed by atoms with Crippen molar-refractivity contribution in [3.63, 3.8) is 0 Å². The summed E-state index contributed by atoms with van der Waals surface area (Å²) < 4.78 is 5.74. The summed E-state index contributed by atoms with van der Waals surface area (Å²) in [5.41, 5.74) is 0. The van der Waals surface area contributed by atoms with E-state index in [0.29, 0.717) is 13.0 Å². The van der Waals surface area contributed by atoms with Gasteiger partial charge in [-0.25, -0.2) is 0 Å². The van der Waals surface area contributed by atoms with Crippen LogP contribution in [0.25, 0.3) is 0 Å². The van der Waals surface area contributed by atoms with E-state index >= 15 is 0 Å². The van der Waals surface area contributed by atoms with Crippen LogP contribution >= 0.6 is 0 Å². The number of aliphatic hydroxyl groups is 1. The molecule has 2 aliphatic rings. The lowest BCUT2D eigenvalue weighted by molar-refractivity contribution is -0.136. The third-order valence-corrected chi connectivity index (χ3v) is 3.86. The predicted molar refractivity (Wildman–Crippen MR) is 72.9 cm³/mol. The van der Waals surface area contributed by atoms with Crippen molar-refractivity contribution < 1.29 is 19.4 Å². The Morgan fingerprint density at radius 1 is 1.25 bits per heavy atom. The maximum atomic E-state index is 11.8. The molecule has 1 aliphatic heterocycles. The van der Waals surface area contributed by atoms with Gasteiger partial charge < -0.3 is 20.5 Å². The van der Waals surface area contributed by atoms with Gasteiger partial charge in [0.25, 0.3) is 0 Å². The summed E-state index contributed by atoms with van der Waals surface area (Å²) in [5.74, 6) is 0.191. The number of hydrogen-bond acceptors (Lipinski definition) is 4. The van der Waals surface area contributed by atoms with Crippen LogP contribution in [0.15, 0.2) is 0 Å². The lowest BCUT2D eigenvalue weighted by Crippen LogP contribution is -2.51. The summed E-state index contributed by atoms with van der Waals surface area (Å²) >= 11 is 0. The molecule has 1 saturated carbocycles. The zero-order chi connectivity index (χ0) is 14.5. The molecule has 2 amide bonds. The Morgan fingerprint density at radius 2 is 2.00 bits per heavy atom. The summed E-state index contributed by atoms with van der Waals surface area (Å²) in [6.45, 7) is 2.34. The zero-order valence-electron chi connectivity index (χ0n) is 11.9. The highest BCUT2D eigenvalue weighted by atomic mass is 16.5. The quantitative estimate of drug-likeness (QED) is 0.638. The normalized spacial score (nSPS) is 29.8. The van der Waals surface area contributed by atoms with Crippen molar-refractivity contribution in [2.24, 2.45) is 5.92 Å². The number of nitrogens with one attached hydrogen (secondary N) is 2. The number of amides is 2. The van der Waals surface area contributed by atoms with Gasteiger partial charge in [-0.1, -0.05) is 0 Å². The molecule has 0 aromatic heterocycles. The molecule has 1 heterocycles. The van der Waals surface area contributed by atoms with Crippen LogP contribution in [0.2, 0.25) is 0 Å². The second-order valence-electron chi connectivity index (χ2n) is 5.60. The first-order valence-electron chi connectivity index (χ1n) is 7.47. The molecule has 6 heteroatoms. The van der Waals surface area contributed by atoms with Gasteiger partial charge in [-0.2, -0.15) is 0 Å². The first-order valence-corrected chi connectivity index (χ1v) is 7.47. The smallest absolute Gasteiger partial charge is 0.223 e. The number of aliphatic hydroxyl groups excluding tert-OH is 1. The van der Waals surface area contributed by atoms with Crippen molar-refractivity contribution in [2.45, 2.75) is 57.3 Å². The van der Waals surface area contributed by atoms with Crippen molar-refractivity contribution in [3.05, 3.63) is 0 Å². The van der Waals surface area contributed by atoms with E-state index in [1.807, 2.05) is 6.92 Å². The monoisotopic (exact) mass is 284 g/mol. The first kappa shape index (κ1) is 15.3. The van der Waals surface area contributed by atoms with Gasteiger partial charge in [-0.3, -0.25) is 9.59 Å². The molecule has 0 radical (unpaired) electrons. The number of carbonyl (C=O) groups excluding carboxylic acids is 2. The van der Waals surface area contributed by atoms with E-state index in [9.17, 15) is 14.7 Å². The van der Waals surface area contributed by atoms with E-state index in [1.165, 1.54) is 0 Å². The average molecular weight is 284 g/mol. The Kier molecular flexibility index (Phi) is 5.37. The largest absolute Gasteiger partial charge is 0.394 e. The van der Waals surface area contributed by atoms with Crippen molar-refractivity contribution in [2.75, 3.05) is 13.2 Å². The van der Waals surface area contributed by atoms with Gasteiger partial charge in [-0.05, 0) is 32.6 Å². The topological polar surface area (TPSA) is 87.7 Å². The highest BCUT2D eigenvalue weighted by molar-refractivity contribution is 5.81. The maximum absolute atomic E-state index is 11.8. The number of hydrogen-bond donors (Lipinski definition) is 3. The Bertz CT molecular complexity index is 357. The van der Waals surface area contributed by atoms with Crippen LogP contribution in [0.3, 0.4) is 0 Å². The number of carbonyl (C=O) groups is 2. The highest BCUT2D eigenvalue weighted by Gasteiger charge is 2.36. The molecule has 0 aromatic carbocycles. The van der Waals surface area contributed by atoms with Crippen molar-refractivity contribution in [1.29, 1.82) is 0 Å². The van der Waals surface area contributed by atoms with Crippen molar-refractivity contribution in [1.82, 2.24) is 10.6 Å². The fraction of sp³-hybridized carbons (Fsp3) is 0.857. The average Bonchev–Trinajstić information content (AvgIpc) is 3.25. The van der Waals surface area contributed by atoms with Gasteiger partial charge in [0, 0.05) is 12.5 Å². The minimum atomic E-state index is -0.411. The van der Waals surface area contributed by atoms with Gasteiger partial charge in [-0.15, -0.1) is 0 Å². The number of rotatable bonds is 6. The Morgan fingerprint density at radius 3 is 2.60 bits per heavy atom. The molecule has 20 heavy (non-hydrogen) atoms. The number of ether oxygens (including phenoxy) is 1. The Hall–Kier alpha value is -1.14. The Balaban J connectivity index is 1.80. The van der Waals surface area contributed by atoms with Gasteiger partial charge in [0.2, 0.25) is 11.8 Å². The molecule has 1 aliphatic carbocycles. The molecule has 6 nitrogen and oxygen atoms in total. The molecule has 0 spiro atoms. The van der Waals surface area contributed by atoms with Crippen LogP contribution in [0.1, 0.15) is 39.0 Å². The van der Waals surface area contributed by atoms with Crippen molar-refractivity contribution in [3.8, 4) is 0 Å². The van der Waals surface area contributed by atoms with Gasteiger partial charge >= 0.3 is 0 Å². The second-order valence-corrected chi connectivity index (χ2v) is 5.60. The van der Waals surface area contributed by atoms with Crippen LogP contribution < -0.4 is 10.6 Å². The first-order chi connectivity index (χ1) is 9.63. The Labute approximate surface area is 119 Å². The van der Waals surface area contributed by atoms with E-state index < -0.39 is 6.10 Å². The summed E-state index contributed by atoms with van der Waals surface area (Å²) in [4.78, 5) is 23.3. The SMILES string of the molecule is CCNC(=O)C[C@@H]1CC[C@H](NC(=O)C2CC2)[C@@H](CO)O1. The van der Waals surface area contributed by atoms with Crippen LogP contribution in [-0.2, 0) is 14.3 Å². The van der Waals surface area contributed by atoms with Crippen molar-refractivity contribution >= 4 is 11.8 Å². The van der Waals surface area contributed by atoms with Crippen LogP contribution in [0.4, 0.5) is 0 Å². The van der Waals surface area contributed by atoms with E-state index in [0.717, 1.165) is 25.7 Å². The van der Waals surface area contributed by atoms with E-state index in [-0.39, 0.29) is 36.5 Å². The predicted octanol–water partition coefficient (Wildman–Crippen LogP) is -0.0527. The molecule has 0 bridgehead atoms. The molecule has 0 aromatic rings. The van der Waals surface area contributed by atoms with E-state index in [1.54, 1.807) is 0 Å². The molecule has 3 atom stereocenters. The van der Waals surface area contributed by atoms with Crippen LogP contribution in [0, 0.1) is 5.92 Å². The molecule has 3 N–H and O–H groups in total. The standard InChI is InChI=1S/C14H24N2O4/c1-2-15-13(18)7-10-5-6-11(12(8-17)20-10)16-14(19)9-3-4-9/h9-12,17H,2-8H2,1H3,(H,15,18)(H,16,19)/t10-,11-,12+/m0/s1. The molecule has 2 rings (SSSR count). The molecule has 0 unspecified atom stereocenters. The summed E-state index contributed by atoms with van der Waals surface area (Å²) in [6, 6.07) is -0.140. The minimum Gasteiger partial charge on any atom is -0.394 e. The molecular weight excluding hydrogens is 260 g/mol. The van der Waals surface area contributed by atoms with Crippen LogP contribution in [0.5, 0.6) is 0 Å². The fourth-order valence-electron chi connectivity index (χ4n) is 2.57. The molecule has 1 saturated heterocycles. The van der Waals surface area contributed by atoms with Gasteiger partial charge in [0.05, 0.1) is 25.2 Å². The van der Waals surface area contributed by atoms with E-state index in [4.69, 9.17) is 4.74 Å². The third-order valence-electron chi connectivity index (χ3n) is 3.86. The molecule has 2 fully saturated rings. The lowest BCUT2D eigenvalue weighted by atomic mass is 9.96. The maximum Gasteiger partial charge on any atom is 0.223 e. The fourth-order valence-corrected chi connectivity index (χ4v) is 2.57. The minimum absolute atomic E-state index is 0.0327. The molecular formula is C14H24N2O4.